The summed E-state index contributed by atoms with van der Waals surface area (Å²) < 4.78 is 86.6. The van der Waals surface area contributed by atoms with Crippen molar-refractivity contribution in [2.24, 2.45) is 5.92 Å². The fourth-order valence-corrected chi connectivity index (χ4v) is 3.89. The van der Waals surface area contributed by atoms with Gasteiger partial charge in [-0.2, -0.15) is 4.39 Å². The second kappa shape index (κ2) is 8.28. The second-order valence-corrected chi connectivity index (χ2v) is 8.81. The Kier molecular flexibility index (Phi) is 5.85. The Balaban J connectivity index is 1.77. The van der Waals surface area contributed by atoms with Gasteiger partial charge < -0.3 is 9.88 Å². The SMILES string of the molecule is Cc1nc(NCc2cccc(C(F)(F)C(C)C)c2F)c2cn(C3(C(F)F)CC3)c(=O)c(F)c2n1. The number of alkyl halides is 4. The standard InChI is InChI=1S/C23H22F6N4O/c1-11(2)23(28,29)15-6-4-5-13(16(15)24)9-30-19-14-10-33(22(7-8-22)21(26)27)20(34)17(25)18(14)31-12(3)32-19/h4-6,10-11,21H,7-9H2,1-3H3,(H,30,31,32). The van der Waals surface area contributed by atoms with E-state index in [0.29, 0.717) is 4.57 Å². The summed E-state index contributed by atoms with van der Waals surface area (Å²) in [6.45, 7) is 3.68. The zero-order chi connectivity index (χ0) is 25.0. The Morgan fingerprint density at radius 3 is 2.41 bits per heavy atom. The highest BCUT2D eigenvalue weighted by molar-refractivity contribution is 5.88. The van der Waals surface area contributed by atoms with E-state index in [4.69, 9.17) is 0 Å². The molecular weight excluding hydrogens is 462 g/mol. The molecule has 0 atom stereocenters. The van der Waals surface area contributed by atoms with E-state index in [-0.39, 0.29) is 47.5 Å². The van der Waals surface area contributed by atoms with Crippen LogP contribution in [0, 0.1) is 24.5 Å². The van der Waals surface area contributed by atoms with E-state index in [1.54, 1.807) is 0 Å². The van der Waals surface area contributed by atoms with Crippen LogP contribution in [0.2, 0.25) is 0 Å². The lowest BCUT2D eigenvalue weighted by molar-refractivity contribution is -0.0544. The molecule has 2 aromatic heterocycles. The molecule has 4 rings (SSSR count). The van der Waals surface area contributed by atoms with Gasteiger partial charge in [0, 0.05) is 24.2 Å². The van der Waals surface area contributed by atoms with Crippen molar-refractivity contribution in [2.45, 2.75) is 58.0 Å². The largest absolute Gasteiger partial charge is 0.365 e. The zero-order valence-electron chi connectivity index (χ0n) is 18.6. The van der Waals surface area contributed by atoms with Crippen LogP contribution in [0.15, 0.2) is 29.2 Å². The molecule has 34 heavy (non-hydrogen) atoms. The van der Waals surface area contributed by atoms with Gasteiger partial charge in [-0.25, -0.2) is 31.9 Å². The number of pyridine rings is 1. The van der Waals surface area contributed by atoms with E-state index in [0.717, 1.165) is 12.3 Å². The molecule has 11 heteroatoms. The summed E-state index contributed by atoms with van der Waals surface area (Å²) in [5.41, 5.74) is -4.23. The molecular formula is C23H22F6N4O. The van der Waals surface area contributed by atoms with Crippen LogP contribution in [0.3, 0.4) is 0 Å². The summed E-state index contributed by atoms with van der Waals surface area (Å²) in [5.74, 6) is -6.90. The Bertz CT molecular complexity index is 1320. The van der Waals surface area contributed by atoms with Gasteiger partial charge in [0.05, 0.1) is 10.9 Å². The fourth-order valence-electron chi connectivity index (χ4n) is 3.89. The van der Waals surface area contributed by atoms with Gasteiger partial charge >= 0.3 is 0 Å². The van der Waals surface area contributed by atoms with Crippen LogP contribution < -0.4 is 10.9 Å². The molecule has 5 nitrogen and oxygen atoms in total. The zero-order valence-corrected chi connectivity index (χ0v) is 18.6. The molecule has 0 spiro atoms. The van der Waals surface area contributed by atoms with Gasteiger partial charge in [-0.3, -0.25) is 4.79 Å². The number of aromatic nitrogens is 3. The number of nitrogens with zero attached hydrogens (tertiary/aromatic N) is 3. The quantitative estimate of drug-likeness (QED) is 0.451. The van der Waals surface area contributed by atoms with Crippen molar-refractivity contribution in [3.63, 3.8) is 0 Å². The molecule has 3 aromatic rings. The van der Waals surface area contributed by atoms with Crippen molar-refractivity contribution in [1.82, 2.24) is 14.5 Å². The number of hydrogen-bond donors (Lipinski definition) is 1. The van der Waals surface area contributed by atoms with Gasteiger partial charge in [-0.05, 0) is 19.8 Å². The first-order valence-corrected chi connectivity index (χ1v) is 10.7. The van der Waals surface area contributed by atoms with Crippen molar-refractivity contribution >= 4 is 16.7 Å². The molecule has 182 valence electrons. The van der Waals surface area contributed by atoms with Gasteiger partial charge in [0.1, 0.15) is 28.5 Å². The minimum atomic E-state index is -3.40. The van der Waals surface area contributed by atoms with Gasteiger partial charge in [0.2, 0.25) is 5.82 Å². The van der Waals surface area contributed by atoms with Crippen LogP contribution in [-0.2, 0) is 18.0 Å². The lowest BCUT2D eigenvalue weighted by Crippen LogP contribution is -2.37. The number of benzene rings is 1. The Morgan fingerprint density at radius 1 is 1.15 bits per heavy atom. The van der Waals surface area contributed by atoms with E-state index < -0.39 is 46.6 Å². The summed E-state index contributed by atoms with van der Waals surface area (Å²) in [4.78, 5) is 20.5. The Morgan fingerprint density at radius 2 is 1.82 bits per heavy atom. The molecule has 0 aliphatic heterocycles. The minimum absolute atomic E-state index is 0.00701. The fraction of sp³-hybridized carbons (Fsp3) is 0.435. The third kappa shape index (κ3) is 3.80. The average molecular weight is 484 g/mol. The molecule has 1 aliphatic rings. The summed E-state index contributed by atoms with van der Waals surface area (Å²) in [6, 6.07) is 3.62. The first-order chi connectivity index (χ1) is 15.9. The number of fused-ring (bicyclic) bond motifs is 1. The van der Waals surface area contributed by atoms with Crippen LogP contribution >= 0.6 is 0 Å². The molecule has 1 fully saturated rings. The van der Waals surface area contributed by atoms with Gasteiger partial charge in [-0.15, -0.1) is 0 Å². The number of rotatable bonds is 7. The number of anilines is 1. The van der Waals surface area contributed by atoms with Gasteiger partial charge in [-0.1, -0.05) is 32.0 Å². The van der Waals surface area contributed by atoms with Crippen LogP contribution in [-0.4, -0.2) is 21.0 Å². The highest BCUT2D eigenvalue weighted by atomic mass is 19.3. The van der Waals surface area contributed by atoms with E-state index >= 15 is 0 Å². The maximum atomic E-state index is 14.9. The molecule has 1 aromatic carbocycles. The number of nitrogens with one attached hydrogen (secondary N) is 1. The van der Waals surface area contributed by atoms with E-state index in [1.807, 2.05) is 0 Å². The van der Waals surface area contributed by atoms with Crippen LogP contribution in [0.5, 0.6) is 0 Å². The normalized spacial score (nSPS) is 15.4. The molecule has 0 amide bonds. The molecule has 2 heterocycles. The Hall–Kier alpha value is -3.11. The maximum absolute atomic E-state index is 14.9. The predicted molar refractivity (Wildman–Crippen MR) is 114 cm³/mol. The number of halogens is 6. The third-order valence-electron chi connectivity index (χ3n) is 6.19. The lowest BCUT2D eigenvalue weighted by Gasteiger charge is -2.22. The van der Waals surface area contributed by atoms with E-state index in [9.17, 15) is 31.1 Å². The van der Waals surface area contributed by atoms with Crippen molar-refractivity contribution in [3.8, 4) is 0 Å². The van der Waals surface area contributed by atoms with E-state index in [1.165, 1.54) is 32.9 Å². The van der Waals surface area contributed by atoms with Gasteiger partial charge in [0.15, 0.2) is 0 Å². The number of hydrogen-bond acceptors (Lipinski definition) is 4. The molecule has 0 saturated heterocycles. The van der Waals surface area contributed by atoms with E-state index in [2.05, 4.69) is 15.3 Å². The molecule has 1 saturated carbocycles. The molecule has 0 bridgehead atoms. The van der Waals surface area contributed by atoms with Gasteiger partial charge in [0.25, 0.3) is 17.9 Å². The number of aryl methyl sites for hydroxylation is 1. The van der Waals surface area contributed by atoms with Crippen LogP contribution in [0.4, 0.5) is 32.2 Å². The van der Waals surface area contributed by atoms with Crippen molar-refractivity contribution in [2.75, 3.05) is 5.32 Å². The van der Waals surface area contributed by atoms with Crippen molar-refractivity contribution in [3.05, 3.63) is 63.3 Å². The van der Waals surface area contributed by atoms with Crippen molar-refractivity contribution < 1.29 is 26.3 Å². The smallest absolute Gasteiger partial charge is 0.289 e. The molecule has 1 aliphatic carbocycles. The molecule has 0 radical (unpaired) electrons. The summed E-state index contributed by atoms with van der Waals surface area (Å²) >= 11 is 0. The summed E-state index contributed by atoms with van der Waals surface area (Å²) in [5, 5.41) is 2.71. The monoisotopic (exact) mass is 484 g/mol. The molecule has 0 unspecified atom stereocenters. The first-order valence-electron chi connectivity index (χ1n) is 10.7. The second-order valence-electron chi connectivity index (χ2n) is 8.81. The van der Waals surface area contributed by atoms with Crippen LogP contribution in [0.1, 0.15) is 43.6 Å². The minimum Gasteiger partial charge on any atom is -0.365 e. The highest BCUT2D eigenvalue weighted by Crippen LogP contribution is 2.48. The lowest BCUT2D eigenvalue weighted by atomic mass is 9.95. The maximum Gasteiger partial charge on any atom is 0.289 e. The highest BCUT2D eigenvalue weighted by Gasteiger charge is 2.54. The topological polar surface area (TPSA) is 59.8 Å². The summed E-state index contributed by atoms with van der Waals surface area (Å²) in [7, 11) is 0. The van der Waals surface area contributed by atoms with Crippen LogP contribution in [0.25, 0.3) is 10.9 Å². The third-order valence-corrected chi connectivity index (χ3v) is 6.19. The Labute approximate surface area is 190 Å². The van der Waals surface area contributed by atoms with Crippen molar-refractivity contribution in [1.29, 1.82) is 0 Å². The summed E-state index contributed by atoms with van der Waals surface area (Å²) in [6.07, 6.45) is -1.80. The molecule has 1 N–H and O–H groups in total. The average Bonchev–Trinajstić information content (AvgIpc) is 3.57. The first kappa shape index (κ1) is 24.0. The predicted octanol–water partition coefficient (Wildman–Crippen LogP) is 5.49.